The summed E-state index contributed by atoms with van der Waals surface area (Å²) in [6, 6.07) is 0. The molecule has 0 heterocycles. The van der Waals surface area contributed by atoms with Gasteiger partial charge in [0.1, 0.15) is 6.29 Å². The van der Waals surface area contributed by atoms with Crippen LogP contribution in [0.15, 0.2) is 0 Å². The predicted molar refractivity (Wildman–Crippen MR) is 109 cm³/mol. The van der Waals surface area contributed by atoms with E-state index >= 15 is 0 Å². The standard InChI is InChI=1S/C20H44N.C2H4O/c1-17(2)9-13-21(14-10-18(3)4,15-11-19(5)6)16-12-20(7)8;1-2-3/h17-20H,9-16H2,1-8H3;2H,1H3/q+1;. The van der Waals surface area contributed by atoms with Crippen LogP contribution < -0.4 is 0 Å². The van der Waals surface area contributed by atoms with E-state index in [4.69, 9.17) is 4.79 Å². The van der Waals surface area contributed by atoms with Gasteiger partial charge >= 0.3 is 0 Å². The number of aldehydes is 1. The van der Waals surface area contributed by atoms with Gasteiger partial charge in [-0.2, -0.15) is 0 Å². The van der Waals surface area contributed by atoms with E-state index in [0.29, 0.717) is 0 Å². The highest BCUT2D eigenvalue weighted by Crippen LogP contribution is 2.21. The van der Waals surface area contributed by atoms with Crippen molar-refractivity contribution in [2.45, 2.75) is 88.0 Å². The van der Waals surface area contributed by atoms with Crippen molar-refractivity contribution in [2.75, 3.05) is 26.2 Å². The molecule has 0 aromatic carbocycles. The highest BCUT2D eigenvalue weighted by atomic mass is 16.1. The van der Waals surface area contributed by atoms with Gasteiger partial charge in [0, 0.05) is 0 Å². The zero-order chi connectivity index (χ0) is 19.2. The Morgan fingerprint density at radius 3 is 0.875 bits per heavy atom. The third-order valence-electron chi connectivity index (χ3n) is 4.72. The number of carbonyl (C=O) groups excluding carboxylic acids is 1. The first-order valence-electron chi connectivity index (χ1n) is 10.3. The number of carbonyl (C=O) groups is 1. The van der Waals surface area contributed by atoms with E-state index in [1.807, 2.05) is 0 Å². The Hall–Kier alpha value is -0.370. The number of quaternary nitrogens is 1. The summed E-state index contributed by atoms with van der Waals surface area (Å²) in [6.07, 6.45) is 6.28. The van der Waals surface area contributed by atoms with Gasteiger partial charge in [0.15, 0.2) is 0 Å². The lowest BCUT2D eigenvalue weighted by Crippen LogP contribution is -2.52. The normalized spacial score (nSPS) is 12.0. The maximum Gasteiger partial charge on any atom is 0.116 e. The van der Waals surface area contributed by atoms with Gasteiger partial charge < -0.3 is 9.28 Å². The van der Waals surface area contributed by atoms with E-state index in [1.165, 1.54) is 63.3 Å². The van der Waals surface area contributed by atoms with Crippen LogP contribution in [0.25, 0.3) is 0 Å². The average molecular weight is 343 g/mol. The maximum absolute atomic E-state index is 8.81. The van der Waals surface area contributed by atoms with Crippen LogP contribution in [0.1, 0.15) is 88.0 Å². The fourth-order valence-corrected chi connectivity index (χ4v) is 2.80. The lowest BCUT2D eigenvalue weighted by Gasteiger charge is -2.41. The van der Waals surface area contributed by atoms with Crippen LogP contribution in [0.3, 0.4) is 0 Å². The molecule has 0 N–H and O–H groups in total. The largest absolute Gasteiger partial charge is 0.324 e. The minimum atomic E-state index is 0.750. The Kier molecular flexibility index (Phi) is 16.1. The van der Waals surface area contributed by atoms with Gasteiger partial charge in [0.25, 0.3) is 0 Å². The van der Waals surface area contributed by atoms with Gasteiger partial charge in [-0.15, -0.1) is 0 Å². The van der Waals surface area contributed by atoms with E-state index < -0.39 is 0 Å². The Labute approximate surface area is 154 Å². The molecule has 0 bridgehead atoms. The molecule has 0 fully saturated rings. The third kappa shape index (κ3) is 16.5. The van der Waals surface area contributed by atoms with Gasteiger partial charge in [-0.25, -0.2) is 0 Å². The van der Waals surface area contributed by atoms with Crippen LogP contribution >= 0.6 is 0 Å². The fraction of sp³-hybridized carbons (Fsp3) is 0.955. The Morgan fingerprint density at radius 2 is 0.750 bits per heavy atom. The first-order valence-corrected chi connectivity index (χ1v) is 10.3. The molecule has 2 nitrogen and oxygen atoms in total. The molecule has 0 rings (SSSR count). The van der Waals surface area contributed by atoms with Crippen LogP contribution in [0, 0.1) is 23.7 Å². The second-order valence-electron chi connectivity index (χ2n) is 9.20. The molecule has 0 saturated heterocycles. The Bertz CT molecular complexity index is 228. The predicted octanol–water partition coefficient (Wildman–Crippen LogP) is 6.19. The Balaban J connectivity index is 0. The highest BCUT2D eigenvalue weighted by molar-refractivity contribution is 5.44. The Morgan fingerprint density at radius 1 is 0.583 bits per heavy atom. The van der Waals surface area contributed by atoms with Crippen molar-refractivity contribution < 1.29 is 9.28 Å². The minimum Gasteiger partial charge on any atom is -0.324 e. The minimum absolute atomic E-state index is 0.750. The molecule has 0 saturated carbocycles. The quantitative estimate of drug-likeness (QED) is 0.305. The molecule has 0 atom stereocenters. The first kappa shape index (κ1) is 25.9. The molecule has 146 valence electrons. The van der Waals surface area contributed by atoms with Crippen LogP contribution in [-0.2, 0) is 4.79 Å². The third-order valence-corrected chi connectivity index (χ3v) is 4.72. The molecular weight excluding hydrogens is 294 g/mol. The van der Waals surface area contributed by atoms with Crippen molar-refractivity contribution in [3.05, 3.63) is 0 Å². The lowest BCUT2D eigenvalue weighted by molar-refractivity contribution is -0.930. The average Bonchev–Trinajstić information content (AvgIpc) is 2.46. The summed E-state index contributed by atoms with van der Waals surface area (Å²) >= 11 is 0. The van der Waals surface area contributed by atoms with Crippen molar-refractivity contribution >= 4 is 6.29 Å². The second-order valence-corrected chi connectivity index (χ2v) is 9.20. The lowest BCUT2D eigenvalue weighted by atomic mass is 10.0. The smallest absolute Gasteiger partial charge is 0.116 e. The summed E-state index contributed by atoms with van der Waals surface area (Å²) in [6.45, 7) is 26.0. The van der Waals surface area contributed by atoms with Crippen LogP contribution in [-0.4, -0.2) is 36.9 Å². The van der Waals surface area contributed by atoms with Crippen LogP contribution in [0.4, 0.5) is 0 Å². The van der Waals surface area contributed by atoms with Crippen molar-refractivity contribution in [1.29, 1.82) is 0 Å². The summed E-state index contributed by atoms with van der Waals surface area (Å²) < 4.78 is 1.38. The summed E-state index contributed by atoms with van der Waals surface area (Å²) in [4.78, 5) is 8.81. The molecule has 0 aliphatic carbocycles. The van der Waals surface area contributed by atoms with Crippen LogP contribution in [0.2, 0.25) is 0 Å². The maximum atomic E-state index is 8.81. The van der Waals surface area contributed by atoms with Gasteiger partial charge in [0.2, 0.25) is 0 Å². The SMILES string of the molecule is CC(C)CC[N+](CCC(C)C)(CCC(C)C)CCC(C)C.CC=O. The molecule has 0 aliphatic rings. The summed E-state index contributed by atoms with van der Waals surface area (Å²) in [5.41, 5.74) is 0. The van der Waals surface area contributed by atoms with Crippen LogP contribution in [0.5, 0.6) is 0 Å². The van der Waals surface area contributed by atoms with Crippen molar-refractivity contribution in [3.63, 3.8) is 0 Å². The topological polar surface area (TPSA) is 17.1 Å². The van der Waals surface area contributed by atoms with Crippen molar-refractivity contribution in [3.8, 4) is 0 Å². The van der Waals surface area contributed by atoms with E-state index in [2.05, 4.69) is 55.4 Å². The molecule has 24 heavy (non-hydrogen) atoms. The molecule has 0 aromatic rings. The zero-order valence-corrected chi connectivity index (χ0v) is 18.4. The highest BCUT2D eigenvalue weighted by Gasteiger charge is 2.27. The van der Waals surface area contributed by atoms with Gasteiger partial charge in [-0.1, -0.05) is 55.4 Å². The monoisotopic (exact) mass is 342 g/mol. The molecular formula is C22H48NO+. The first-order chi connectivity index (χ1) is 11.1. The number of rotatable bonds is 12. The number of hydrogen-bond donors (Lipinski definition) is 0. The molecule has 0 amide bonds. The number of nitrogens with zero attached hydrogens (tertiary/aromatic N) is 1. The van der Waals surface area contributed by atoms with E-state index in [-0.39, 0.29) is 0 Å². The van der Waals surface area contributed by atoms with E-state index in [1.54, 1.807) is 0 Å². The van der Waals surface area contributed by atoms with Gasteiger partial charge in [-0.05, 0) is 56.3 Å². The van der Waals surface area contributed by atoms with E-state index in [0.717, 1.165) is 30.0 Å². The summed E-state index contributed by atoms with van der Waals surface area (Å²) in [7, 11) is 0. The van der Waals surface area contributed by atoms with Crippen molar-refractivity contribution in [1.82, 2.24) is 0 Å². The summed E-state index contributed by atoms with van der Waals surface area (Å²) in [5, 5.41) is 0. The molecule has 2 heteroatoms. The molecule has 0 radical (unpaired) electrons. The van der Waals surface area contributed by atoms with E-state index in [9.17, 15) is 0 Å². The molecule has 0 spiro atoms. The zero-order valence-electron chi connectivity index (χ0n) is 18.4. The van der Waals surface area contributed by atoms with Gasteiger partial charge in [0.05, 0.1) is 26.2 Å². The number of hydrogen-bond acceptors (Lipinski definition) is 1. The van der Waals surface area contributed by atoms with Crippen molar-refractivity contribution in [2.24, 2.45) is 23.7 Å². The fourth-order valence-electron chi connectivity index (χ4n) is 2.80. The second kappa shape index (κ2) is 14.9. The van der Waals surface area contributed by atoms with Gasteiger partial charge in [-0.3, -0.25) is 0 Å². The molecule has 0 aliphatic heterocycles. The summed E-state index contributed by atoms with van der Waals surface area (Å²) in [5.74, 6) is 3.33. The molecule has 0 unspecified atom stereocenters. The molecule has 0 aromatic heterocycles.